The van der Waals surface area contributed by atoms with Crippen LogP contribution in [0.1, 0.15) is 51.9 Å². The lowest BCUT2D eigenvalue weighted by Gasteiger charge is -2.31. The van der Waals surface area contributed by atoms with E-state index in [1.54, 1.807) is 41.5 Å². The van der Waals surface area contributed by atoms with Gasteiger partial charge in [0.1, 0.15) is 62.1 Å². The Hall–Kier alpha value is -5.42. The SMILES string of the molecule is COC(=O)c1ccc(N(C(=O)OC(C)(C)C)c2cc(N(C)C(=O)N(C(=O)OC(C)(C)C)c3c(Cl)c(OC)cc(OC)c3Cl)ncn2)c([N+](=O)[O-])c1. The van der Waals surface area contributed by atoms with E-state index in [1.165, 1.54) is 33.4 Å². The number of esters is 1. The Labute approximate surface area is 303 Å². The van der Waals surface area contributed by atoms with Crippen molar-refractivity contribution in [1.29, 1.82) is 0 Å². The minimum Gasteiger partial charge on any atom is -0.495 e. The van der Waals surface area contributed by atoms with Crippen LogP contribution in [0.3, 0.4) is 0 Å². The normalized spacial score (nSPS) is 11.2. The molecule has 19 heteroatoms. The fraction of sp³-hybridized carbons (Fsp3) is 0.375. The van der Waals surface area contributed by atoms with E-state index in [0.29, 0.717) is 4.90 Å². The molecule has 0 bridgehead atoms. The van der Waals surface area contributed by atoms with Crippen molar-refractivity contribution in [2.75, 3.05) is 43.1 Å². The van der Waals surface area contributed by atoms with Crippen LogP contribution in [0.5, 0.6) is 11.5 Å². The van der Waals surface area contributed by atoms with Gasteiger partial charge in [-0.3, -0.25) is 15.0 Å². The number of benzene rings is 2. The molecule has 0 radical (unpaired) electrons. The molecule has 0 N–H and O–H groups in total. The van der Waals surface area contributed by atoms with Crippen molar-refractivity contribution < 1.29 is 47.8 Å². The van der Waals surface area contributed by atoms with Crippen LogP contribution in [-0.4, -0.2) is 78.7 Å². The second kappa shape index (κ2) is 15.6. The van der Waals surface area contributed by atoms with Crippen LogP contribution in [0.25, 0.3) is 0 Å². The van der Waals surface area contributed by atoms with Gasteiger partial charge < -0.3 is 23.7 Å². The third-order valence-corrected chi connectivity index (χ3v) is 7.18. The molecule has 0 unspecified atom stereocenters. The first-order chi connectivity index (χ1) is 23.6. The summed E-state index contributed by atoms with van der Waals surface area (Å²) in [4.78, 5) is 75.6. The van der Waals surface area contributed by atoms with E-state index in [9.17, 15) is 29.3 Å². The minimum atomic E-state index is -1.19. The average molecular weight is 752 g/mol. The van der Waals surface area contributed by atoms with Gasteiger partial charge >= 0.3 is 24.2 Å². The lowest BCUT2D eigenvalue weighted by molar-refractivity contribution is -0.384. The molecule has 3 rings (SSSR count). The van der Waals surface area contributed by atoms with Crippen molar-refractivity contribution in [3.8, 4) is 11.5 Å². The van der Waals surface area contributed by atoms with E-state index in [4.69, 9.17) is 42.1 Å². The number of ether oxygens (including phenoxy) is 5. The third kappa shape index (κ3) is 9.23. The zero-order chi connectivity index (χ0) is 38.6. The summed E-state index contributed by atoms with van der Waals surface area (Å²) >= 11 is 13.2. The number of carbonyl (C=O) groups excluding carboxylic acids is 4. The van der Waals surface area contributed by atoms with E-state index < -0.39 is 46.0 Å². The van der Waals surface area contributed by atoms with Gasteiger partial charge in [-0.2, -0.15) is 4.90 Å². The van der Waals surface area contributed by atoms with E-state index in [0.717, 1.165) is 41.4 Å². The summed E-state index contributed by atoms with van der Waals surface area (Å²) in [7, 11) is 4.94. The van der Waals surface area contributed by atoms with Gasteiger partial charge in [0.2, 0.25) is 0 Å². The fourth-order valence-corrected chi connectivity index (χ4v) is 4.93. The van der Waals surface area contributed by atoms with Crippen LogP contribution in [0.15, 0.2) is 36.7 Å². The minimum absolute atomic E-state index is 0.00839. The van der Waals surface area contributed by atoms with Gasteiger partial charge in [0, 0.05) is 25.2 Å². The highest BCUT2D eigenvalue weighted by Crippen LogP contribution is 2.47. The summed E-state index contributed by atoms with van der Waals surface area (Å²) < 4.78 is 26.4. The molecule has 274 valence electrons. The molecular weight excluding hydrogens is 715 g/mol. The number of hydrogen-bond donors (Lipinski definition) is 0. The maximum absolute atomic E-state index is 14.3. The largest absolute Gasteiger partial charge is 0.495 e. The number of aromatic nitrogens is 2. The molecular formula is C32H36Cl2N6O11. The number of amides is 4. The van der Waals surface area contributed by atoms with Crippen molar-refractivity contribution >= 4 is 76.1 Å². The maximum Gasteiger partial charge on any atom is 0.423 e. The maximum atomic E-state index is 14.3. The number of hydrogen-bond acceptors (Lipinski definition) is 13. The van der Waals surface area contributed by atoms with Crippen LogP contribution < -0.4 is 24.2 Å². The number of imide groups is 1. The lowest BCUT2D eigenvalue weighted by Crippen LogP contribution is -2.47. The molecule has 1 heterocycles. The lowest BCUT2D eigenvalue weighted by atomic mass is 10.1. The Morgan fingerprint density at radius 2 is 1.33 bits per heavy atom. The summed E-state index contributed by atoms with van der Waals surface area (Å²) in [6, 6.07) is 4.64. The first kappa shape index (κ1) is 40.0. The molecule has 0 saturated heterocycles. The molecule has 17 nitrogen and oxygen atoms in total. The van der Waals surface area contributed by atoms with E-state index in [-0.39, 0.29) is 50.1 Å². The number of methoxy groups -OCH3 is 3. The van der Waals surface area contributed by atoms with Gasteiger partial charge in [0.25, 0.3) is 5.69 Å². The monoisotopic (exact) mass is 750 g/mol. The Morgan fingerprint density at radius 3 is 1.82 bits per heavy atom. The quantitative estimate of drug-likeness (QED) is 0.0948. The highest BCUT2D eigenvalue weighted by molar-refractivity contribution is 6.43. The van der Waals surface area contributed by atoms with Crippen molar-refractivity contribution in [1.82, 2.24) is 9.97 Å². The summed E-state index contributed by atoms with van der Waals surface area (Å²) in [5.74, 6) is -1.36. The predicted octanol–water partition coefficient (Wildman–Crippen LogP) is 7.57. The number of rotatable bonds is 8. The third-order valence-electron chi connectivity index (χ3n) is 6.45. The average Bonchev–Trinajstić information content (AvgIpc) is 3.04. The zero-order valence-corrected chi connectivity index (χ0v) is 30.9. The van der Waals surface area contributed by atoms with E-state index in [1.807, 2.05) is 0 Å². The number of carbonyl (C=O) groups is 4. The van der Waals surface area contributed by atoms with Crippen LogP contribution >= 0.6 is 23.2 Å². The summed E-state index contributed by atoms with van der Waals surface area (Å²) in [6.45, 7) is 9.45. The number of nitrogens with zero attached hydrogens (tertiary/aromatic N) is 6. The van der Waals surface area contributed by atoms with Crippen LogP contribution in [0, 0.1) is 10.1 Å². The van der Waals surface area contributed by atoms with E-state index >= 15 is 0 Å². The Kier molecular flexibility index (Phi) is 12.3. The van der Waals surface area contributed by atoms with Crippen LogP contribution in [0.2, 0.25) is 10.0 Å². The highest BCUT2D eigenvalue weighted by atomic mass is 35.5. The summed E-state index contributed by atoms with van der Waals surface area (Å²) in [5.41, 5.74) is -3.71. The van der Waals surface area contributed by atoms with Crippen LogP contribution in [-0.2, 0) is 14.2 Å². The summed E-state index contributed by atoms with van der Waals surface area (Å²) in [5, 5.41) is 11.7. The first-order valence-corrected chi connectivity index (χ1v) is 15.5. The second-order valence-corrected chi connectivity index (χ2v) is 13.2. The topological polar surface area (TPSA) is 193 Å². The van der Waals surface area contributed by atoms with Crippen molar-refractivity contribution in [3.63, 3.8) is 0 Å². The summed E-state index contributed by atoms with van der Waals surface area (Å²) in [6.07, 6.45) is -1.33. The predicted molar refractivity (Wildman–Crippen MR) is 187 cm³/mol. The van der Waals surface area contributed by atoms with Gasteiger partial charge in [0.15, 0.2) is 0 Å². The first-order valence-electron chi connectivity index (χ1n) is 14.8. The molecule has 0 aliphatic rings. The molecule has 0 atom stereocenters. The van der Waals surface area contributed by atoms with Crippen molar-refractivity contribution in [2.24, 2.45) is 0 Å². The molecule has 4 amide bonds. The van der Waals surface area contributed by atoms with Crippen LogP contribution in [0.4, 0.5) is 43.1 Å². The molecule has 2 aromatic carbocycles. The Bertz CT molecular complexity index is 1830. The number of nitro groups is 1. The number of anilines is 4. The molecule has 0 aliphatic carbocycles. The number of halogens is 2. The zero-order valence-electron chi connectivity index (χ0n) is 29.4. The number of nitro benzene ring substituents is 1. The van der Waals surface area contributed by atoms with Gasteiger partial charge in [-0.25, -0.2) is 34.0 Å². The molecule has 0 aliphatic heterocycles. The second-order valence-electron chi connectivity index (χ2n) is 12.4. The smallest absolute Gasteiger partial charge is 0.423 e. The van der Waals surface area contributed by atoms with E-state index in [2.05, 4.69) is 14.7 Å². The van der Waals surface area contributed by atoms with Gasteiger partial charge in [-0.1, -0.05) is 23.2 Å². The Balaban J connectivity index is 2.26. The molecule has 0 saturated carbocycles. The van der Waals surface area contributed by atoms with Gasteiger partial charge in [0.05, 0.1) is 31.8 Å². The van der Waals surface area contributed by atoms with Gasteiger partial charge in [-0.05, 0) is 53.7 Å². The number of urea groups is 1. The molecule has 1 aromatic heterocycles. The molecule has 0 fully saturated rings. The molecule has 3 aromatic rings. The van der Waals surface area contributed by atoms with Crippen molar-refractivity contribution in [3.05, 3.63) is 62.4 Å². The van der Waals surface area contributed by atoms with Crippen molar-refractivity contribution in [2.45, 2.75) is 52.7 Å². The molecule has 0 spiro atoms. The standard InChI is InChI=1S/C32H36Cl2N6O11/c1-31(2,3)50-29(43)38(18-12-11-17(27(41)49-10)13-19(18)40(45)46)23-15-22(35-16-36-23)37(7)28(42)39(30(44)51-32(4,5)6)26-24(33)20(47-8)14-21(48-9)25(26)34/h11-16H,1-10H3. The molecule has 51 heavy (non-hydrogen) atoms. The Morgan fingerprint density at radius 1 is 0.804 bits per heavy atom. The fourth-order valence-electron chi connectivity index (χ4n) is 4.26. The highest BCUT2D eigenvalue weighted by Gasteiger charge is 2.38. The van der Waals surface area contributed by atoms with Gasteiger partial charge in [-0.15, -0.1) is 0 Å².